The van der Waals surface area contributed by atoms with E-state index in [2.05, 4.69) is 26.1 Å². The van der Waals surface area contributed by atoms with Gasteiger partial charge in [0.2, 0.25) is 0 Å². The zero-order chi connectivity index (χ0) is 13.4. The first-order chi connectivity index (χ1) is 8.76. The molecule has 1 aromatic rings. The molecule has 1 aromatic heterocycles. The highest BCUT2D eigenvalue weighted by Gasteiger charge is 2.17. The molecule has 1 heterocycles. The van der Waals surface area contributed by atoms with Crippen LogP contribution >= 0.6 is 11.3 Å². The second-order valence-corrected chi connectivity index (χ2v) is 5.42. The lowest BCUT2D eigenvalue weighted by molar-refractivity contribution is 0.0595. The molecule has 1 unspecified atom stereocenters. The Morgan fingerprint density at radius 3 is 2.61 bits per heavy atom. The van der Waals surface area contributed by atoms with Crippen LogP contribution < -0.4 is 5.32 Å². The van der Waals surface area contributed by atoms with Crippen LogP contribution in [0.1, 0.15) is 62.2 Å². The quantitative estimate of drug-likeness (QED) is 0.743. The predicted molar refractivity (Wildman–Crippen MR) is 78.1 cm³/mol. The number of rotatable bonds is 9. The van der Waals surface area contributed by atoms with E-state index >= 15 is 0 Å². The molecule has 0 aliphatic heterocycles. The maximum atomic E-state index is 5.76. The molecule has 1 rings (SSSR count). The second kappa shape index (κ2) is 8.62. The summed E-state index contributed by atoms with van der Waals surface area (Å²) >= 11 is 1.81. The summed E-state index contributed by atoms with van der Waals surface area (Å²) in [4.78, 5) is 6.18. The van der Waals surface area contributed by atoms with Gasteiger partial charge in [0.25, 0.3) is 0 Å². The van der Waals surface area contributed by atoms with Crippen LogP contribution in [0.4, 0.5) is 0 Å². The van der Waals surface area contributed by atoms with Crippen molar-refractivity contribution in [3.8, 4) is 0 Å². The van der Waals surface area contributed by atoms with Crippen molar-refractivity contribution in [1.29, 1.82) is 0 Å². The normalized spacial score (nSPS) is 12.9. The van der Waals surface area contributed by atoms with Crippen LogP contribution in [-0.4, -0.2) is 18.1 Å². The smallest absolute Gasteiger partial charge is 0.122 e. The Kier molecular flexibility index (Phi) is 7.47. The molecule has 1 N–H and O–H groups in total. The third kappa shape index (κ3) is 4.34. The molecule has 0 saturated heterocycles. The van der Waals surface area contributed by atoms with Gasteiger partial charge in [0.15, 0.2) is 0 Å². The van der Waals surface area contributed by atoms with E-state index in [1.807, 2.05) is 18.3 Å². The van der Waals surface area contributed by atoms with Crippen LogP contribution in [-0.2, 0) is 17.7 Å². The third-order valence-electron chi connectivity index (χ3n) is 2.83. The van der Waals surface area contributed by atoms with Crippen molar-refractivity contribution in [2.24, 2.45) is 0 Å². The monoisotopic (exact) mass is 270 g/mol. The molecule has 104 valence electrons. The van der Waals surface area contributed by atoms with Gasteiger partial charge in [0.1, 0.15) is 11.1 Å². The fourth-order valence-electron chi connectivity index (χ4n) is 1.91. The van der Waals surface area contributed by atoms with Crippen LogP contribution in [0.2, 0.25) is 0 Å². The lowest BCUT2D eigenvalue weighted by Crippen LogP contribution is -2.11. The highest BCUT2D eigenvalue weighted by molar-refractivity contribution is 7.11. The maximum Gasteiger partial charge on any atom is 0.122 e. The Hall–Kier alpha value is -0.450. The summed E-state index contributed by atoms with van der Waals surface area (Å²) < 4.78 is 5.76. The Bertz CT molecular complexity index is 339. The predicted octanol–water partition coefficient (Wildman–Crippen LogP) is 3.69. The molecule has 0 aromatic carbocycles. The van der Waals surface area contributed by atoms with Crippen molar-refractivity contribution in [2.45, 2.75) is 59.6 Å². The fraction of sp³-hybridized carbons (Fsp3) is 0.786. The number of aryl methyl sites for hydroxylation is 1. The molecule has 0 saturated carbocycles. The summed E-state index contributed by atoms with van der Waals surface area (Å²) in [7, 11) is 0. The Morgan fingerprint density at radius 1 is 1.28 bits per heavy atom. The van der Waals surface area contributed by atoms with Gasteiger partial charge in [-0.25, -0.2) is 4.98 Å². The van der Waals surface area contributed by atoms with Crippen molar-refractivity contribution in [3.05, 3.63) is 15.6 Å². The van der Waals surface area contributed by atoms with E-state index < -0.39 is 0 Å². The minimum Gasteiger partial charge on any atom is -0.371 e. The molecule has 0 fully saturated rings. The molecule has 3 nitrogen and oxygen atoms in total. The molecule has 0 aliphatic carbocycles. The van der Waals surface area contributed by atoms with Crippen LogP contribution in [0, 0.1) is 0 Å². The molecule has 4 heteroatoms. The number of nitrogens with zero attached hydrogens (tertiary/aromatic N) is 1. The summed E-state index contributed by atoms with van der Waals surface area (Å²) in [6.07, 6.45) is 3.38. The first kappa shape index (κ1) is 15.6. The van der Waals surface area contributed by atoms with Gasteiger partial charge in [-0.3, -0.25) is 0 Å². The number of thiazole rings is 1. The van der Waals surface area contributed by atoms with Crippen molar-refractivity contribution < 1.29 is 4.74 Å². The van der Waals surface area contributed by atoms with Gasteiger partial charge in [-0.15, -0.1) is 11.3 Å². The summed E-state index contributed by atoms with van der Waals surface area (Å²) in [6, 6.07) is 0. The van der Waals surface area contributed by atoms with Gasteiger partial charge in [-0.2, -0.15) is 0 Å². The van der Waals surface area contributed by atoms with Crippen LogP contribution in [0.5, 0.6) is 0 Å². The van der Waals surface area contributed by atoms with Crippen molar-refractivity contribution in [1.82, 2.24) is 10.3 Å². The topological polar surface area (TPSA) is 34.1 Å². The fourth-order valence-corrected chi connectivity index (χ4v) is 3.13. The molecule has 1 atom stereocenters. The average molecular weight is 270 g/mol. The van der Waals surface area contributed by atoms with Crippen LogP contribution in [0.15, 0.2) is 0 Å². The van der Waals surface area contributed by atoms with Gasteiger partial charge in [-0.1, -0.05) is 27.2 Å². The minimum atomic E-state index is 0.172. The summed E-state index contributed by atoms with van der Waals surface area (Å²) in [5, 5.41) is 4.54. The first-order valence-electron chi connectivity index (χ1n) is 7.07. The molecule has 0 amide bonds. The van der Waals surface area contributed by atoms with E-state index in [4.69, 9.17) is 9.72 Å². The van der Waals surface area contributed by atoms with Crippen LogP contribution in [0.25, 0.3) is 0 Å². The van der Waals surface area contributed by atoms with Crippen molar-refractivity contribution in [3.63, 3.8) is 0 Å². The highest BCUT2D eigenvalue weighted by Crippen LogP contribution is 2.29. The summed E-state index contributed by atoms with van der Waals surface area (Å²) in [5.74, 6) is 0. The first-order valence-corrected chi connectivity index (χ1v) is 7.89. The average Bonchev–Trinajstić information content (AvgIpc) is 2.77. The second-order valence-electron chi connectivity index (χ2n) is 4.30. The molecule has 0 aliphatic rings. The number of nitrogens with one attached hydrogen (secondary N) is 1. The van der Waals surface area contributed by atoms with Gasteiger partial charge in [0, 0.05) is 18.0 Å². The Balaban J connectivity index is 2.85. The molecule has 18 heavy (non-hydrogen) atoms. The van der Waals surface area contributed by atoms with E-state index in [0.29, 0.717) is 0 Å². The van der Waals surface area contributed by atoms with E-state index in [0.717, 1.165) is 44.0 Å². The zero-order valence-electron chi connectivity index (χ0n) is 12.1. The van der Waals surface area contributed by atoms with Gasteiger partial charge >= 0.3 is 0 Å². The molecule has 0 radical (unpaired) electrons. The number of hydrogen-bond acceptors (Lipinski definition) is 4. The van der Waals surface area contributed by atoms with E-state index in [-0.39, 0.29) is 6.10 Å². The molecule has 0 spiro atoms. The zero-order valence-corrected chi connectivity index (χ0v) is 12.9. The Labute approximate surface area is 115 Å². The van der Waals surface area contributed by atoms with Gasteiger partial charge < -0.3 is 10.1 Å². The lowest BCUT2D eigenvalue weighted by Gasteiger charge is -2.11. The maximum absolute atomic E-state index is 5.76. The Morgan fingerprint density at radius 2 is 2.06 bits per heavy atom. The highest BCUT2D eigenvalue weighted by atomic mass is 32.1. The standard InChI is InChI=1S/C14H26N2OS/c1-5-9-11-13(10-15-7-3)18-14(16-11)12(6-2)17-8-4/h12,15H,5-10H2,1-4H3. The van der Waals surface area contributed by atoms with Crippen molar-refractivity contribution >= 4 is 11.3 Å². The van der Waals surface area contributed by atoms with E-state index in [1.165, 1.54) is 10.6 Å². The van der Waals surface area contributed by atoms with Crippen molar-refractivity contribution in [2.75, 3.05) is 13.2 Å². The third-order valence-corrected chi connectivity index (χ3v) is 4.02. The van der Waals surface area contributed by atoms with E-state index in [1.54, 1.807) is 0 Å². The number of aromatic nitrogens is 1. The number of hydrogen-bond donors (Lipinski definition) is 1. The van der Waals surface area contributed by atoms with Crippen LogP contribution in [0.3, 0.4) is 0 Å². The van der Waals surface area contributed by atoms with E-state index in [9.17, 15) is 0 Å². The van der Waals surface area contributed by atoms with Gasteiger partial charge in [0.05, 0.1) is 5.69 Å². The molecule has 0 bridgehead atoms. The van der Waals surface area contributed by atoms with Gasteiger partial charge in [-0.05, 0) is 26.3 Å². The molecular formula is C14H26N2OS. The largest absolute Gasteiger partial charge is 0.371 e. The SMILES string of the molecule is CCCc1nc(C(CC)OCC)sc1CNCC. The number of ether oxygens (including phenoxy) is 1. The lowest BCUT2D eigenvalue weighted by atomic mass is 10.2. The summed E-state index contributed by atoms with van der Waals surface area (Å²) in [6.45, 7) is 11.2. The minimum absolute atomic E-state index is 0.172. The summed E-state index contributed by atoms with van der Waals surface area (Å²) in [5.41, 5.74) is 1.26. The molecular weight excluding hydrogens is 244 g/mol.